The Morgan fingerprint density at radius 3 is 2.28 bits per heavy atom. The van der Waals surface area contributed by atoms with E-state index in [2.05, 4.69) is 0 Å². The van der Waals surface area contributed by atoms with Crippen molar-refractivity contribution in [3.8, 4) is 0 Å². The van der Waals surface area contributed by atoms with E-state index in [1.54, 1.807) is 12.2 Å². The topological polar surface area (TPSA) is 101 Å². The van der Waals surface area contributed by atoms with Gasteiger partial charge in [-0.25, -0.2) is 0 Å². The highest BCUT2D eigenvalue weighted by molar-refractivity contribution is 6.13. The molecule has 0 unspecified atom stereocenters. The fourth-order valence-corrected chi connectivity index (χ4v) is 4.18. The fourth-order valence-electron chi connectivity index (χ4n) is 4.18. The van der Waals surface area contributed by atoms with E-state index in [0.717, 1.165) is 16.9 Å². The normalized spacial score (nSPS) is 21.7. The molecule has 4 rings (SSSR count). The summed E-state index contributed by atoms with van der Waals surface area (Å²) < 4.78 is 0. The number of carbonyl (C=O) groups excluding carboxylic acids is 3. The van der Waals surface area contributed by atoms with Gasteiger partial charge in [0.05, 0.1) is 4.92 Å². The lowest BCUT2D eigenvalue weighted by molar-refractivity contribution is -0.419. The number of para-hydroxylation sites is 1. The maximum Gasteiger partial charge on any atom is 0.270 e. The minimum atomic E-state index is -0.538. The van der Waals surface area contributed by atoms with Gasteiger partial charge in [0.2, 0.25) is 0 Å². The molecule has 0 atom stereocenters. The third kappa shape index (κ3) is 3.60. The number of imide groups is 1. The first-order chi connectivity index (χ1) is 15.2. The summed E-state index contributed by atoms with van der Waals surface area (Å²) in [6.07, 6.45) is 9.51. The molecule has 0 aromatic heterocycles. The molecule has 2 heterocycles. The van der Waals surface area contributed by atoms with Gasteiger partial charge in [-0.05, 0) is 29.9 Å². The van der Waals surface area contributed by atoms with Crippen LogP contribution in [0.15, 0.2) is 83.8 Å². The largest absolute Gasteiger partial charge is 0.342 e. The van der Waals surface area contributed by atoms with Gasteiger partial charge in [0, 0.05) is 59.8 Å². The second kappa shape index (κ2) is 7.88. The smallest absolute Gasteiger partial charge is 0.270 e. The third-order valence-corrected chi connectivity index (χ3v) is 5.87. The number of nitrogens with zero attached hydrogens (tertiary/aromatic N) is 3. The quantitative estimate of drug-likeness (QED) is 0.308. The van der Waals surface area contributed by atoms with E-state index >= 15 is 0 Å². The summed E-state index contributed by atoms with van der Waals surface area (Å²) in [5, 5.41) is 11.1. The van der Waals surface area contributed by atoms with Crippen LogP contribution < -0.4 is 4.90 Å². The van der Waals surface area contributed by atoms with Crippen molar-refractivity contribution >= 4 is 23.3 Å². The monoisotopic (exact) mass is 431 g/mol. The van der Waals surface area contributed by atoms with Gasteiger partial charge in [-0.2, -0.15) is 0 Å². The summed E-state index contributed by atoms with van der Waals surface area (Å²) in [5.74, 6) is -0.996. The lowest BCUT2D eigenvalue weighted by atomic mass is 9.83. The van der Waals surface area contributed by atoms with Crippen molar-refractivity contribution in [2.24, 2.45) is 0 Å². The molecule has 2 aliphatic heterocycles. The van der Waals surface area contributed by atoms with Crippen molar-refractivity contribution in [1.82, 2.24) is 4.90 Å². The molecule has 1 aromatic carbocycles. The Kier molecular flexibility index (Phi) is 5.22. The van der Waals surface area contributed by atoms with Crippen molar-refractivity contribution in [2.45, 2.75) is 19.3 Å². The lowest BCUT2D eigenvalue weighted by Gasteiger charge is -2.28. The van der Waals surface area contributed by atoms with Crippen LogP contribution in [-0.4, -0.2) is 40.5 Å². The van der Waals surface area contributed by atoms with Gasteiger partial charge in [0.25, 0.3) is 17.5 Å². The zero-order valence-corrected chi connectivity index (χ0v) is 17.6. The average molecular weight is 431 g/mol. The molecule has 8 heteroatoms. The number of benzene rings is 1. The van der Waals surface area contributed by atoms with Crippen LogP contribution in [-0.2, 0) is 19.8 Å². The van der Waals surface area contributed by atoms with E-state index in [4.69, 9.17) is 0 Å². The van der Waals surface area contributed by atoms with Crippen molar-refractivity contribution in [2.75, 3.05) is 18.0 Å². The van der Waals surface area contributed by atoms with Crippen LogP contribution in [0, 0.1) is 10.1 Å². The number of nitro groups is 1. The summed E-state index contributed by atoms with van der Waals surface area (Å²) in [4.78, 5) is 49.9. The number of hydrogen-bond acceptors (Lipinski definition) is 6. The number of anilines is 1. The molecule has 0 fully saturated rings. The fraction of sp³-hybridized carbons (Fsp3) is 0.208. The number of hydrogen-bond donors (Lipinski definition) is 0. The highest BCUT2D eigenvalue weighted by atomic mass is 16.6. The summed E-state index contributed by atoms with van der Waals surface area (Å²) in [6.45, 7) is 4.67. The van der Waals surface area contributed by atoms with Gasteiger partial charge in [0.15, 0.2) is 5.78 Å². The molecule has 0 bridgehead atoms. The average Bonchev–Trinajstić information content (AvgIpc) is 3.19. The molecular formula is C24H21N3O5. The Labute approximate surface area is 184 Å². The maximum absolute atomic E-state index is 12.2. The van der Waals surface area contributed by atoms with Crippen molar-refractivity contribution < 1.29 is 19.3 Å². The van der Waals surface area contributed by atoms with Crippen LogP contribution in [0.25, 0.3) is 0 Å². The van der Waals surface area contributed by atoms with Gasteiger partial charge < -0.3 is 4.90 Å². The predicted octanol–water partition coefficient (Wildman–Crippen LogP) is 2.82. The Bertz CT molecular complexity index is 1180. The van der Waals surface area contributed by atoms with Crippen LogP contribution in [0.1, 0.15) is 19.4 Å². The minimum absolute atomic E-state index is 0.154. The highest BCUT2D eigenvalue weighted by Gasteiger charge is 2.40. The van der Waals surface area contributed by atoms with Gasteiger partial charge in [-0.1, -0.05) is 32.0 Å². The SMILES string of the molecule is CC1(C)/C(=C\C=C2\C=C([N+](=O)[O-])C=CC2=O)N(CCN2C(=O)C=CC2=O)c2ccccc21. The molecule has 2 amide bonds. The Morgan fingerprint density at radius 1 is 0.938 bits per heavy atom. The molecule has 32 heavy (non-hydrogen) atoms. The molecular weight excluding hydrogens is 410 g/mol. The highest BCUT2D eigenvalue weighted by Crippen LogP contribution is 2.47. The van der Waals surface area contributed by atoms with E-state index in [1.807, 2.05) is 43.0 Å². The molecule has 0 spiro atoms. The zero-order chi connectivity index (χ0) is 23.0. The summed E-state index contributed by atoms with van der Waals surface area (Å²) >= 11 is 0. The third-order valence-electron chi connectivity index (χ3n) is 5.87. The second-order valence-corrected chi connectivity index (χ2v) is 8.15. The molecule has 1 aliphatic carbocycles. The van der Waals surface area contributed by atoms with E-state index in [1.165, 1.54) is 35.3 Å². The zero-order valence-electron chi connectivity index (χ0n) is 17.6. The predicted molar refractivity (Wildman–Crippen MR) is 118 cm³/mol. The molecule has 8 nitrogen and oxygen atoms in total. The lowest BCUT2D eigenvalue weighted by Crippen LogP contribution is -2.38. The van der Waals surface area contributed by atoms with E-state index in [0.29, 0.717) is 6.54 Å². The maximum atomic E-state index is 12.2. The van der Waals surface area contributed by atoms with Gasteiger partial charge >= 0.3 is 0 Å². The van der Waals surface area contributed by atoms with Crippen LogP contribution in [0.4, 0.5) is 5.69 Å². The van der Waals surface area contributed by atoms with Crippen LogP contribution in [0.5, 0.6) is 0 Å². The summed E-state index contributed by atoms with van der Waals surface area (Å²) in [7, 11) is 0. The van der Waals surface area contributed by atoms with E-state index in [9.17, 15) is 24.5 Å². The number of ketones is 1. The standard InChI is InChI=1S/C24H21N3O5/c1-24(2)18-5-3-4-6-19(18)25(13-14-26-22(29)11-12-23(26)30)21(24)10-7-16-15-17(27(31)32)8-9-20(16)28/h3-12,15H,13-14H2,1-2H3/b16-7-,21-10+. The molecule has 3 aliphatic rings. The summed E-state index contributed by atoms with van der Waals surface area (Å²) in [6, 6.07) is 7.84. The Balaban J connectivity index is 1.70. The Hall–Kier alpha value is -4.07. The number of carbonyl (C=O) groups is 3. The van der Waals surface area contributed by atoms with Crippen molar-refractivity contribution in [3.63, 3.8) is 0 Å². The van der Waals surface area contributed by atoms with Crippen LogP contribution >= 0.6 is 0 Å². The first-order valence-corrected chi connectivity index (χ1v) is 10.1. The molecule has 0 N–H and O–H groups in total. The molecule has 0 saturated heterocycles. The first-order valence-electron chi connectivity index (χ1n) is 10.1. The van der Waals surface area contributed by atoms with E-state index in [-0.39, 0.29) is 35.4 Å². The number of rotatable bonds is 5. The molecule has 162 valence electrons. The van der Waals surface area contributed by atoms with Crippen LogP contribution in [0.2, 0.25) is 0 Å². The number of fused-ring (bicyclic) bond motifs is 1. The first kappa shape index (κ1) is 21.2. The number of allylic oxidation sites excluding steroid dienone is 7. The van der Waals surface area contributed by atoms with Crippen molar-refractivity contribution in [1.29, 1.82) is 0 Å². The molecule has 0 radical (unpaired) electrons. The van der Waals surface area contributed by atoms with Gasteiger partial charge in [-0.15, -0.1) is 0 Å². The van der Waals surface area contributed by atoms with E-state index < -0.39 is 10.3 Å². The Morgan fingerprint density at radius 2 is 1.59 bits per heavy atom. The second-order valence-electron chi connectivity index (χ2n) is 8.15. The summed E-state index contributed by atoms with van der Waals surface area (Å²) in [5.41, 5.74) is 2.51. The molecule has 0 saturated carbocycles. The van der Waals surface area contributed by atoms with Crippen molar-refractivity contribution in [3.05, 3.63) is 99.4 Å². The van der Waals surface area contributed by atoms with Crippen LogP contribution in [0.3, 0.4) is 0 Å². The number of amides is 2. The van der Waals surface area contributed by atoms with Gasteiger partial charge in [-0.3, -0.25) is 29.4 Å². The van der Waals surface area contributed by atoms with Gasteiger partial charge in [0.1, 0.15) is 0 Å². The minimum Gasteiger partial charge on any atom is -0.342 e. The molecule has 1 aromatic rings.